The number of guanidine groups is 1. The molecule has 2 heterocycles. The summed E-state index contributed by atoms with van der Waals surface area (Å²) in [6.07, 6.45) is 4.21. The van der Waals surface area contributed by atoms with Gasteiger partial charge in [-0.25, -0.2) is 4.98 Å². The first-order chi connectivity index (χ1) is 15.1. The zero-order chi connectivity index (χ0) is 21.6. The third-order valence-corrected chi connectivity index (χ3v) is 4.86. The zero-order valence-corrected chi connectivity index (χ0v) is 17.1. The number of rotatable bonds is 9. The van der Waals surface area contributed by atoms with Crippen molar-refractivity contribution in [1.29, 1.82) is 0 Å². The number of fused-ring (bicyclic) bond motifs is 1. The molecule has 2 aliphatic rings. The quantitative estimate of drug-likeness (QED) is 0.463. The number of ether oxygens (including phenoxy) is 4. The van der Waals surface area contributed by atoms with Crippen molar-refractivity contribution in [1.82, 2.24) is 15.6 Å². The molecule has 0 saturated heterocycles. The fourth-order valence-corrected chi connectivity index (χ4v) is 2.98. The van der Waals surface area contributed by atoms with Crippen molar-refractivity contribution >= 4 is 5.96 Å². The van der Waals surface area contributed by atoms with E-state index in [-0.39, 0.29) is 19.1 Å². The maximum atomic E-state index is 12.8. The SMILES string of the molecule is CN=C(NCc1ccc(OCC2CC2)nc1)NCc1cc2c(cc1OC(F)F)OCO2. The first kappa shape index (κ1) is 21.0. The molecule has 8 nitrogen and oxygen atoms in total. The minimum atomic E-state index is -2.94. The molecule has 4 rings (SSSR count). The number of hydrogen-bond acceptors (Lipinski definition) is 6. The number of pyridine rings is 1. The van der Waals surface area contributed by atoms with Gasteiger partial charge in [0.15, 0.2) is 17.5 Å². The largest absolute Gasteiger partial charge is 0.477 e. The van der Waals surface area contributed by atoms with E-state index in [1.54, 1.807) is 19.3 Å². The maximum Gasteiger partial charge on any atom is 0.387 e. The lowest BCUT2D eigenvalue weighted by atomic mass is 10.1. The third-order valence-electron chi connectivity index (χ3n) is 4.86. The van der Waals surface area contributed by atoms with Crippen LogP contribution in [0, 0.1) is 5.92 Å². The number of aliphatic imine (C=N–C) groups is 1. The molecule has 1 saturated carbocycles. The van der Waals surface area contributed by atoms with Crippen molar-refractivity contribution < 1.29 is 27.7 Å². The lowest BCUT2D eigenvalue weighted by Crippen LogP contribution is -2.36. The average molecular weight is 434 g/mol. The van der Waals surface area contributed by atoms with E-state index in [9.17, 15) is 8.78 Å². The summed E-state index contributed by atoms with van der Waals surface area (Å²) >= 11 is 0. The van der Waals surface area contributed by atoms with E-state index in [1.165, 1.54) is 18.9 Å². The van der Waals surface area contributed by atoms with E-state index in [0.29, 0.717) is 41.4 Å². The molecule has 166 valence electrons. The Hall–Kier alpha value is -3.30. The number of halogens is 2. The van der Waals surface area contributed by atoms with E-state index in [4.69, 9.17) is 14.2 Å². The Morgan fingerprint density at radius 1 is 1.19 bits per heavy atom. The van der Waals surface area contributed by atoms with Gasteiger partial charge in [0.1, 0.15) is 5.75 Å². The lowest BCUT2D eigenvalue weighted by molar-refractivity contribution is -0.0505. The summed E-state index contributed by atoms with van der Waals surface area (Å²) < 4.78 is 46.4. The van der Waals surface area contributed by atoms with Crippen LogP contribution in [0.25, 0.3) is 0 Å². The van der Waals surface area contributed by atoms with Crippen molar-refractivity contribution in [3.8, 4) is 23.1 Å². The molecule has 0 unspecified atom stereocenters. The van der Waals surface area contributed by atoms with Gasteiger partial charge in [0.05, 0.1) is 6.61 Å². The summed E-state index contributed by atoms with van der Waals surface area (Å²) in [4.78, 5) is 8.47. The number of alkyl halides is 2. The second kappa shape index (κ2) is 9.67. The van der Waals surface area contributed by atoms with E-state index in [1.807, 2.05) is 12.1 Å². The van der Waals surface area contributed by atoms with E-state index in [2.05, 4.69) is 25.3 Å². The van der Waals surface area contributed by atoms with Gasteiger partial charge >= 0.3 is 6.61 Å². The molecule has 0 amide bonds. The first-order valence-corrected chi connectivity index (χ1v) is 10.0. The fourth-order valence-electron chi connectivity index (χ4n) is 2.98. The summed E-state index contributed by atoms with van der Waals surface area (Å²) in [6, 6.07) is 6.79. The predicted octanol–water partition coefficient (Wildman–Crippen LogP) is 3.07. The van der Waals surface area contributed by atoms with Gasteiger partial charge in [0, 0.05) is 44.0 Å². The molecule has 1 aliphatic heterocycles. The van der Waals surface area contributed by atoms with Crippen LogP contribution < -0.4 is 29.6 Å². The molecule has 0 radical (unpaired) electrons. The Morgan fingerprint density at radius 2 is 1.97 bits per heavy atom. The Morgan fingerprint density at radius 3 is 2.65 bits per heavy atom. The summed E-state index contributed by atoms with van der Waals surface area (Å²) in [7, 11) is 1.62. The smallest absolute Gasteiger partial charge is 0.387 e. The van der Waals surface area contributed by atoms with Crippen LogP contribution in [0.5, 0.6) is 23.1 Å². The summed E-state index contributed by atoms with van der Waals surface area (Å²) in [5, 5.41) is 6.25. The predicted molar refractivity (Wildman–Crippen MR) is 109 cm³/mol. The fraction of sp³-hybridized carbons (Fsp3) is 0.429. The minimum Gasteiger partial charge on any atom is -0.477 e. The van der Waals surface area contributed by atoms with Crippen LogP contribution in [0.3, 0.4) is 0 Å². The molecule has 0 spiro atoms. The highest BCUT2D eigenvalue weighted by Crippen LogP contribution is 2.38. The first-order valence-electron chi connectivity index (χ1n) is 10.0. The van der Waals surface area contributed by atoms with Crippen molar-refractivity contribution in [2.75, 3.05) is 20.4 Å². The van der Waals surface area contributed by atoms with E-state index in [0.717, 1.165) is 12.2 Å². The third kappa shape index (κ3) is 5.87. The lowest BCUT2D eigenvalue weighted by Gasteiger charge is -2.15. The molecule has 0 bridgehead atoms. The number of aromatic nitrogens is 1. The van der Waals surface area contributed by atoms with Gasteiger partial charge < -0.3 is 29.6 Å². The van der Waals surface area contributed by atoms with Crippen LogP contribution in [0.1, 0.15) is 24.0 Å². The molecule has 2 aromatic rings. The van der Waals surface area contributed by atoms with Gasteiger partial charge in [-0.2, -0.15) is 8.78 Å². The molecule has 1 aromatic carbocycles. The summed E-state index contributed by atoms with van der Waals surface area (Å²) in [5.41, 5.74) is 1.44. The highest BCUT2D eigenvalue weighted by molar-refractivity contribution is 5.79. The van der Waals surface area contributed by atoms with Crippen LogP contribution in [0.2, 0.25) is 0 Å². The molecule has 1 aliphatic carbocycles. The molecular formula is C21H24F2N4O4. The molecule has 10 heteroatoms. The van der Waals surface area contributed by atoms with E-state index < -0.39 is 6.61 Å². The van der Waals surface area contributed by atoms with Gasteiger partial charge in [-0.05, 0) is 30.4 Å². The molecule has 2 N–H and O–H groups in total. The Bertz CT molecular complexity index is 920. The molecule has 1 aromatic heterocycles. The van der Waals surface area contributed by atoms with Crippen LogP contribution in [0.4, 0.5) is 8.78 Å². The van der Waals surface area contributed by atoms with Crippen LogP contribution in [-0.4, -0.2) is 38.0 Å². The average Bonchev–Trinajstić information content (AvgIpc) is 3.49. The molecule has 1 fully saturated rings. The van der Waals surface area contributed by atoms with E-state index >= 15 is 0 Å². The number of nitrogens with zero attached hydrogens (tertiary/aromatic N) is 2. The summed E-state index contributed by atoms with van der Waals surface area (Å²) in [5.74, 6) is 2.67. The second-order valence-corrected chi connectivity index (χ2v) is 7.23. The topological polar surface area (TPSA) is 86.2 Å². The summed E-state index contributed by atoms with van der Waals surface area (Å²) in [6.45, 7) is -1.50. The van der Waals surface area contributed by atoms with Crippen molar-refractivity contribution in [2.24, 2.45) is 10.9 Å². The van der Waals surface area contributed by atoms with Crippen molar-refractivity contribution in [3.63, 3.8) is 0 Å². The molecule has 0 atom stereocenters. The molecule has 31 heavy (non-hydrogen) atoms. The minimum absolute atomic E-state index is 0.0215. The second-order valence-electron chi connectivity index (χ2n) is 7.23. The van der Waals surface area contributed by atoms with Gasteiger partial charge in [-0.1, -0.05) is 6.07 Å². The standard InChI is InChI=1S/C21H24F2N4O4/c1-24-21(26-9-14-4-5-19(25-8-14)28-11-13-2-3-13)27-10-15-6-17-18(30-12-29-17)7-16(15)31-20(22)23/h4-8,13,20H,2-3,9-12H2,1H3,(H2,24,26,27). The van der Waals surface area contributed by atoms with Crippen LogP contribution in [-0.2, 0) is 13.1 Å². The Balaban J connectivity index is 1.31. The number of hydrogen-bond donors (Lipinski definition) is 2. The van der Waals surface area contributed by atoms with Crippen molar-refractivity contribution in [3.05, 3.63) is 41.6 Å². The van der Waals surface area contributed by atoms with Gasteiger partial charge in [0.25, 0.3) is 0 Å². The normalized spacial score (nSPS) is 15.2. The van der Waals surface area contributed by atoms with Crippen molar-refractivity contribution in [2.45, 2.75) is 32.5 Å². The van der Waals surface area contributed by atoms with Gasteiger partial charge in [-0.15, -0.1) is 0 Å². The monoisotopic (exact) mass is 434 g/mol. The highest BCUT2D eigenvalue weighted by Gasteiger charge is 2.22. The number of nitrogens with one attached hydrogen (secondary N) is 2. The van der Waals surface area contributed by atoms with Crippen LogP contribution >= 0.6 is 0 Å². The van der Waals surface area contributed by atoms with Gasteiger partial charge in [-0.3, -0.25) is 4.99 Å². The zero-order valence-electron chi connectivity index (χ0n) is 17.1. The van der Waals surface area contributed by atoms with Gasteiger partial charge in [0.2, 0.25) is 12.7 Å². The molecular weight excluding hydrogens is 410 g/mol. The number of benzene rings is 1. The Kier molecular flexibility index (Phi) is 6.54. The van der Waals surface area contributed by atoms with Crippen LogP contribution in [0.15, 0.2) is 35.5 Å². The highest BCUT2D eigenvalue weighted by atomic mass is 19.3. The maximum absolute atomic E-state index is 12.8. The Labute approximate surface area is 178 Å².